The van der Waals surface area contributed by atoms with E-state index < -0.39 is 11.3 Å². The number of Topliss-reactive ketones (excluding diaryl/α,β-unsaturated/α-hetero) is 1. The summed E-state index contributed by atoms with van der Waals surface area (Å²) in [5.41, 5.74) is 7.96. The number of nitrogens with zero attached hydrogens (tertiary/aromatic N) is 1. The summed E-state index contributed by atoms with van der Waals surface area (Å²) < 4.78 is 5.51. The van der Waals surface area contributed by atoms with Gasteiger partial charge in [0.2, 0.25) is 0 Å². The second-order valence-electron chi connectivity index (χ2n) is 8.65. The first-order valence-electron chi connectivity index (χ1n) is 10.1. The molecule has 0 saturated heterocycles. The van der Waals surface area contributed by atoms with Gasteiger partial charge in [0.1, 0.15) is 11.5 Å². The summed E-state index contributed by atoms with van der Waals surface area (Å²) in [5, 5.41) is 2.10. The zero-order chi connectivity index (χ0) is 21.9. The molecule has 0 amide bonds. The van der Waals surface area contributed by atoms with Crippen LogP contribution in [0.15, 0.2) is 54.9 Å². The highest BCUT2D eigenvalue weighted by atomic mass is 16.5. The van der Waals surface area contributed by atoms with Crippen LogP contribution in [0.25, 0.3) is 10.8 Å². The topological polar surface area (TPSA) is 82.3 Å². The summed E-state index contributed by atoms with van der Waals surface area (Å²) in [6.45, 7) is 7.52. The highest BCUT2D eigenvalue weighted by Gasteiger charge is 2.25. The Morgan fingerprint density at radius 3 is 2.50 bits per heavy atom. The molecule has 5 nitrogen and oxygen atoms in total. The average Bonchev–Trinajstić information content (AvgIpc) is 2.69. The number of aromatic nitrogens is 1. The van der Waals surface area contributed by atoms with Crippen LogP contribution in [0.2, 0.25) is 0 Å². The minimum Gasteiger partial charge on any atom is -0.426 e. The van der Waals surface area contributed by atoms with E-state index in [2.05, 4.69) is 4.98 Å². The van der Waals surface area contributed by atoms with Crippen LogP contribution in [-0.4, -0.2) is 23.3 Å². The third-order valence-corrected chi connectivity index (χ3v) is 5.12. The number of ketones is 1. The van der Waals surface area contributed by atoms with Gasteiger partial charge in [-0.15, -0.1) is 0 Å². The minimum absolute atomic E-state index is 0.0599. The Hall–Kier alpha value is -3.05. The SMILES string of the molecule is Cc1cc(C(CN)C(=O)Cc2ccc3cnccc3c2)ccc1OC(=O)C(C)(C)C. The molecular weight excluding hydrogens is 376 g/mol. The summed E-state index contributed by atoms with van der Waals surface area (Å²) in [6.07, 6.45) is 3.85. The van der Waals surface area contributed by atoms with Crippen molar-refractivity contribution in [1.29, 1.82) is 0 Å². The molecule has 0 aliphatic carbocycles. The van der Waals surface area contributed by atoms with Gasteiger partial charge in [-0.25, -0.2) is 0 Å². The van der Waals surface area contributed by atoms with Gasteiger partial charge in [-0.2, -0.15) is 0 Å². The zero-order valence-electron chi connectivity index (χ0n) is 17.9. The highest BCUT2D eigenvalue weighted by molar-refractivity contribution is 5.90. The van der Waals surface area contributed by atoms with E-state index in [0.29, 0.717) is 12.2 Å². The van der Waals surface area contributed by atoms with E-state index in [1.165, 1.54) is 0 Å². The number of ether oxygens (including phenoxy) is 1. The van der Waals surface area contributed by atoms with Crippen LogP contribution < -0.4 is 10.5 Å². The van der Waals surface area contributed by atoms with Gasteiger partial charge in [-0.05, 0) is 61.9 Å². The fourth-order valence-electron chi connectivity index (χ4n) is 3.28. The molecule has 1 unspecified atom stereocenters. The fourth-order valence-corrected chi connectivity index (χ4v) is 3.28. The van der Waals surface area contributed by atoms with Crippen LogP contribution in [0.3, 0.4) is 0 Å². The summed E-state index contributed by atoms with van der Waals surface area (Å²) in [4.78, 5) is 29.3. The molecule has 0 saturated carbocycles. The largest absolute Gasteiger partial charge is 0.426 e. The molecule has 0 aliphatic heterocycles. The monoisotopic (exact) mass is 404 g/mol. The predicted octanol–water partition coefficient (Wildman–Crippen LogP) is 4.35. The first kappa shape index (κ1) is 21.7. The molecule has 0 radical (unpaired) electrons. The molecule has 0 fully saturated rings. The third kappa shape index (κ3) is 4.92. The Bertz CT molecular complexity index is 1080. The maximum absolute atomic E-state index is 13.0. The van der Waals surface area contributed by atoms with E-state index in [-0.39, 0.29) is 18.3 Å². The van der Waals surface area contributed by atoms with Crippen LogP contribution in [0.4, 0.5) is 0 Å². The number of benzene rings is 2. The molecule has 5 heteroatoms. The lowest BCUT2D eigenvalue weighted by Gasteiger charge is -2.19. The molecule has 2 aromatic carbocycles. The summed E-state index contributed by atoms with van der Waals surface area (Å²) in [6, 6.07) is 13.3. The van der Waals surface area contributed by atoms with Gasteiger partial charge in [0, 0.05) is 30.7 Å². The van der Waals surface area contributed by atoms with Crippen molar-refractivity contribution in [2.45, 2.75) is 40.0 Å². The van der Waals surface area contributed by atoms with Crippen LogP contribution in [0.5, 0.6) is 5.75 Å². The van der Waals surface area contributed by atoms with E-state index >= 15 is 0 Å². The summed E-state index contributed by atoms with van der Waals surface area (Å²) >= 11 is 0. The van der Waals surface area contributed by atoms with Crippen molar-refractivity contribution in [3.63, 3.8) is 0 Å². The van der Waals surface area contributed by atoms with Gasteiger partial charge in [0.25, 0.3) is 0 Å². The lowest BCUT2D eigenvalue weighted by atomic mass is 9.89. The smallest absolute Gasteiger partial charge is 0.316 e. The summed E-state index contributed by atoms with van der Waals surface area (Å²) in [5.74, 6) is -0.143. The standard InChI is InChI=1S/C25H28N2O3/c1-16-11-19(7-8-23(16)30-24(29)25(2,3)4)21(14-26)22(28)13-17-5-6-20-15-27-10-9-18(20)12-17/h5-12,15,21H,13-14,26H2,1-4H3. The zero-order valence-corrected chi connectivity index (χ0v) is 17.9. The first-order valence-corrected chi connectivity index (χ1v) is 10.1. The Morgan fingerprint density at radius 1 is 1.07 bits per heavy atom. The molecule has 30 heavy (non-hydrogen) atoms. The lowest BCUT2D eigenvalue weighted by molar-refractivity contribution is -0.143. The van der Waals surface area contributed by atoms with Crippen molar-refractivity contribution < 1.29 is 14.3 Å². The van der Waals surface area contributed by atoms with Gasteiger partial charge in [-0.1, -0.05) is 30.3 Å². The number of nitrogens with two attached hydrogens (primary N) is 1. The molecule has 0 bridgehead atoms. The second-order valence-corrected chi connectivity index (χ2v) is 8.65. The van der Waals surface area contributed by atoms with E-state index in [4.69, 9.17) is 10.5 Å². The van der Waals surface area contributed by atoms with Crippen molar-refractivity contribution in [1.82, 2.24) is 4.98 Å². The Balaban J connectivity index is 1.78. The average molecular weight is 405 g/mol. The van der Waals surface area contributed by atoms with Gasteiger partial charge in [0.05, 0.1) is 11.3 Å². The maximum atomic E-state index is 13.0. The number of aryl methyl sites for hydroxylation is 1. The number of hydrogen-bond donors (Lipinski definition) is 1. The van der Waals surface area contributed by atoms with Crippen LogP contribution in [-0.2, 0) is 16.0 Å². The lowest BCUT2D eigenvalue weighted by Crippen LogP contribution is -2.26. The quantitative estimate of drug-likeness (QED) is 0.488. The van der Waals surface area contributed by atoms with Crippen LogP contribution >= 0.6 is 0 Å². The van der Waals surface area contributed by atoms with Gasteiger partial charge >= 0.3 is 5.97 Å². The predicted molar refractivity (Wildman–Crippen MR) is 119 cm³/mol. The number of carbonyl (C=O) groups is 2. The van der Waals surface area contributed by atoms with E-state index in [1.54, 1.807) is 18.5 Å². The number of esters is 1. The molecule has 1 aromatic heterocycles. The number of carbonyl (C=O) groups excluding carboxylic acids is 2. The van der Waals surface area contributed by atoms with Crippen molar-refractivity contribution in [2.24, 2.45) is 11.1 Å². The molecule has 1 heterocycles. The van der Waals surface area contributed by atoms with Crippen molar-refractivity contribution in [2.75, 3.05) is 6.54 Å². The second kappa shape index (κ2) is 8.76. The molecule has 1 atom stereocenters. The van der Waals surface area contributed by atoms with E-state index in [0.717, 1.165) is 27.5 Å². The molecule has 0 aliphatic rings. The van der Waals surface area contributed by atoms with Crippen LogP contribution in [0, 0.1) is 12.3 Å². The van der Waals surface area contributed by atoms with Gasteiger partial charge in [0.15, 0.2) is 0 Å². The van der Waals surface area contributed by atoms with Crippen LogP contribution in [0.1, 0.15) is 43.4 Å². The third-order valence-electron chi connectivity index (χ3n) is 5.12. The Morgan fingerprint density at radius 2 is 1.83 bits per heavy atom. The Labute approximate surface area is 177 Å². The van der Waals surface area contributed by atoms with Gasteiger partial charge < -0.3 is 10.5 Å². The number of rotatable bonds is 6. The van der Waals surface area contributed by atoms with Crippen molar-refractivity contribution in [3.05, 3.63) is 71.5 Å². The highest BCUT2D eigenvalue weighted by Crippen LogP contribution is 2.27. The normalized spacial score (nSPS) is 12.6. The molecule has 3 aromatic rings. The first-order chi connectivity index (χ1) is 14.2. The molecule has 0 spiro atoms. The number of pyridine rings is 1. The minimum atomic E-state index is -0.587. The van der Waals surface area contributed by atoms with E-state index in [1.807, 2.05) is 64.1 Å². The van der Waals surface area contributed by atoms with E-state index in [9.17, 15) is 9.59 Å². The fraction of sp³-hybridized carbons (Fsp3) is 0.320. The maximum Gasteiger partial charge on any atom is 0.316 e. The molecule has 3 rings (SSSR count). The molecule has 156 valence electrons. The number of fused-ring (bicyclic) bond motifs is 1. The van der Waals surface area contributed by atoms with Crippen molar-refractivity contribution >= 4 is 22.5 Å². The molecule has 2 N–H and O–H groups in total. The molecular formula is C25H28N2O3. The number of hydrogen-bond acceptors (Lipinski definition) is 5. The van der Waals surface area contributed by atoms with Gasteiger partial charge in [-0.3, -0.25) is 14.6 Å². The Kier molecular flexibility index (Phi) is 6.32. The summed E-state index contributed by atoms with van der Waals surface area (Å²) in [7, 11) is 0. The van der Waals surface area contributed by atoms with Crippen molar-refractivity contribution in [3.8, 4) is 5.75 Å².